The molecule has 1 aliphatic rings. The fourth-order valence-corrected chi connectivity index (χ4v) is 2.74. The molecule has 2 rings (SSSR count). The molecule has 2 atom stereocenters. The minimum Gasteiger partial charge on any atom is -0.363 e. The van der Waals surface area contributed by atoms with E-state index in [0.717, 1.165) is 18.5 Å². The van der Waals surface area contributed by atoms with Crippen LogP contribution in [0.2, 0.25) is 0 Å². The van der Waals surface area contributed by atoms with Crippen LogP contribution in [0.25, 0.3) is 0 Å². The minimum absolute atomic E-state index is 0.0324. The molecular formula is C13H22N4O2. The summed E-state index contributed by atoms with van der Waals surface area (Å²) < 4.78 is 7.69. The largest absolute Gasteiger partial charge is 0.363 e. The number of nitrogens with two attached hydrogens (primary N) is 1. The molecular weight excluding hydrogens is 244 g/mol. The van der Waals surface area contributed by atoms with Gasteiger partial charge in [0, 0.05) is 5.69 Å². The third-order valence-corrected chi connectivity index (χ3v) is 3.80. The van der Waals surface area contributed by atoms with Crippen molar-refractivity contribution in [2.75, 3.05) is 0 Å². The van der Waals surface area contributed by atoms with E-state index in [1.165, 1.54) is 11.3 Å². The van der Waals surface area contributed by atoms with Gasteiger partial charge in [0.25, 0.3) is 5.91 Å². The lowest BCUT2D eigenvalue weighted by atomic mass is 10.1. The predicted molar refractivity (Wildman–Crippen MR) is 71.3 cm³/mol. The molecule has 6 nitrogen and oxygen atoms in total. The predicted octanol–water partition coefficient (Wildman–Crippen LogP) is 0.600. The second-order valence-electron chi connectivity index (χ2n) is 5.02. The highest BCUT2D eigenvalue weighted by Gasteiger charge is 2.31. The average Bonchev–Trinajstić information content (AvgIpc) is 2.95. The molecule has 106 valence electrons. The van der Waals surface area contributed by atoms with Crippen molar-refractivity contribution < 1.29 is 9.53 Å². The van der Waals surface area contributed by atoms with E-state index in [9.17, 15) is 4.79 Å². The molecule has 0 spiro atoms. The first-order valence-corrected chi connectivity index (χ1v) is 6.75. The van der Waals surface area contributed by atoms with E-state index < -0.39 is 6.10 Å². The molecule has 0 aliphatic carbocycles. The van der Waals surface area contributed by atoms with Gasteiger partial charge in [0.2, 0.25) is 0 Å². The second kappa shape index (κ2) is 5.71. The Labute approximate surface area is 113 Å². The summed E-state index contributed by atoms with van der Waals surface area (Å²) in [7, 11) is 0. The number of aryl methyl sites for hydroxylation is 1. The van der Waals surface area contributed by atoms with Gasteiger partial charge >= 0.3 is 0 Å². The number of carbonyl (C=O) groups excluding carboxylic acids is 1. The number of aromatic nitrogens is 2. The Balaban J connectivity index is 2.01. The van der Waals surface area contributed by atoms with Crippen LogP contribution in [0, 0.1) is 13.8 Å². The van der Waals surface area contributed by atoms with Crippen molar-refractivity contribution in [3.8, 4) is 0 Å². The molecule has 1 fully saturated rings. The zero-order valence-electron chi connectivity index (χ0n) is 11.8. The van der Waals surface area contributed by atoms with Crippen molar-refractivity contribution in [3.63, 3.8) is 0 Å². The fraction of sp³-hybridized carbons (Fsp3) is 0.692. The number of hydrazine groups is 1. The van der Waals surface area contributed by atoms with Crippen LogP contribution >= 0.6 is 0 Å². The van der Waals surface area contributed by atoms with E-state index in [1.807, 2.05) is 11.6 Å². The van der Waals surface area contributed by atoms with Gasteiger partial charge in [-0.25, -0.2) is 5.84 Å². The van der Waals surface area contributed by atoms with Gasteiger partial charge in [-0.15, -0.1) is 0 Å². The first-order valence-electron chi connectivity index (χ1n) is 6.75. The zero-order chi connectivity index (χ0) is 14.0. The number of hydrogen-bond acceptors (Lipinski definition) is 4. The third kappa shape index (κ3) is 2.79. The molecule has 19 heavy (non-hydrogen) atoms. The van der Waals surface area contributed by atoms with E-state index in [4.69, 9.17) is 10.6 Å². The van der Waals surface area contributed by atoms with Crippen LogP contribution < -0.4 is 11.3 Å². The molecule has 6 heteroatoms. The maximum atomic E-state index is 11.4. The molecule has 1 saturated heterocycles. The Hall–Kier alpha value is -1.40. The quantitative estimate of drug-likeness (QED) is 0.475. The summed E-state index contributed by atoms with van der Waals surface area (Å²) in [6, 6.07) is 0. The van der Waals surface area contributed by atoms with Gasteiger partial charge in [0.05, 0.1) is 18.3 Å². The van der Waals surface area contributed by atoms with Crippen LogP contribution in [-0.2, 0) is 22.5 Å². The SMILES string of the molecule is CCc1c(C)nn(CC2CCC(C(=O)NN)O2)c1C. The molecule has 0 saturated carbocycles. The number of nitrogens with one attached hydrogen (secondary N) is 1. The van der Waals surface area contributed by atoms with E-state index in [2.05, 4.69) is 24.4 Å². The van der Waals surface area contributed by atoms with E-state index in [1.54, 1.807) is 0 Å². The molecule has 2 unspecified atom stereocenters. The number of nitrogens with zero attached hydrogens (tertiary/aromatic N) is 2. The Kier molecular flexibility index (Phi) is 4.21. The number of carbonyl (C=O) groups is 1. The summed E-state index contributed by atoms with van der Waals surface area (Å²) in [6.07, 6.45) is 2.18. The highest BCUT2D eigenvalue weighted by Crippen LogP contribution is 2.22. The third-order valence-electron chi connectivity index (χ3n) is 3.80. The Morgan fingerprint density at radius 3 is 2.84 bits per heavy atom. The van der Waals surface area contributed by atoms with Crippen LogP contribution in [-0.4, -0.2) is 27.9 Å². The molecule has 3 N–H and O–H groups in total. The van der Waals surface area contributed by atoms with Crippen LogP contribution in [0.3, 0.4) is 0 Å². The molecule has 1 aromatic heterocycles. The molecule has 0 bridgehead atoms. The van der Waals surface area contributed by atoms with Crippen LogP contribution in [0.15, 0.2) is 0 Å². The number of amides is 1. The first kappa shape index (κ1) is 14.0. The highest BCUT2D eigenvalue weighted by atomic mass is 16.5. The van der Waals surface area contributed by atoms with Crippen molar-refractivity contribution in [1.29, 1.82) is 0 Å². The molecule has 1 aliphatic heterocycles. The molecule has 2 heterocycles. The van der Waals surface area contributed by atoms with Gasteiger partial charge in [-0.2, -0.15) is 5.10 Å². The van der Waals surface area contributed by atoms with Crippen LogP contribution in [0.1, 0.15) is 36.7 Å². The van der Waals surface area contributed by atoms with Crippen molar-refractivity contribution in [3.05, 3.63) is 17.0 Å². The smallest absolute Gasteiger partial charge is 0.263 e. The van der Waals surface area contributed by atoms with Gasteiger partial charge in [-0.05, 0) is 38.7 Å². The number of ether oxygens (including phenoxy) is 1. The van der Waals surface area contributed by atoms with Crippen LogP contribution in [0.5, 0.6) is 0 Å². The van der Waals surface area contributed by atoms with Crippen molar-refractivity contribution >= 4 is 5.91 Å². The topological polar surface area (TPSA) is 82.2 Å². The highest BCUT2D eigenvalue weighted by molar-refractivity contribution is 5.80. The lowest BCUT2D eigenvalue weighted by Crippen LogP contribution is -2.39. The van der Waals surface area contributed by atoms with E-state index in [0.29, 0.717) is 13.0 Å². The van der Waals surface area contributed by atoms with E-state index in [-0.39, 0.29) is 12.0 Å². The lowest BCUT2D eigenvalue weighted by molar-refractivity contribution is -0.132. The molecule has 0 aromatic carbocycles. The Bertz CT molecular complexity index is 469. The molecule has 1 aromatic rings. The summed E-state index contributed by atoms with van der Waals surface area (Å²) in [4.78, 5) is 11.4. The van der Waals surface area contributed by atoms with Gasteiger partial charge in [0.1, 0.15) is 6.10 Å². The van der Waals surface area contributed by atoms with Crippen molar-refractivity contribution in [2.45, 2.75) is 58.8 Å². The van der Waals surface area contributed by atoms with Crippen LogP contribution in [0.4, 0.5) is 0 Å². The normalized spacial score (nSPS) is 22.7. The van der Waals surface area contributed by atoms with Gasteiger partial charge < -0.3 is 4.74 Å². The minimum atomic E-state index is -0.419. The summed E-state index contributed by atoms with van der Waals surface area (Å²) in [5, 5.41) is 4.55. The average molecular weight is 266 g/mol. The molecule has 1 amide bonds. The fourth-order valence-electron chi connectivity index (χ4n) is 2.74. The Morgan fingerprint density at radius 2 is 2.26 bits per heavy atom. The van der Waals surface area contributed by atoms with Crippen molar-refractivity contribution in [1.82, 2.24) is 15.2 Å². The number of hydrogen-bond donors (Lipinski definition) is 2. The molecule has 0 radical (unpaired) electrons. The maximum Gasteiger partial charge on any atom is 0.263 e. The maximum absolute atomic E-state index is 11.4. The van der Waals surface area contributed by atoms with E-state index >= 15 is 0 Å². The summed E-state index contributed by atoms with van der Waals surface area (Å²) in [5.74, 6) is 4.87. The lowest BCUT2D eigenvalue weighted by Gasteiger charge is -2.13. The van der Waals surface area contributed by atoms with Crippen molar-refractivity contribution in [2.24, 2.45) is 5.84 Å². The van der Waals surface area contributed by atoms with Gasteiger partial charge in [-0.1, -0.05) is 6.92 Å². The zero-order valence-corrected chi connectivity index (χ0v) is 11.8. The van der Waals surface area contributed by atoms with Gasteiger partial charge in [-0.3, -0.25) is 14.9 Å². The second-order valence-corrected chi connectivity index (χ2v) is 5.02. The first-order chi connectivity index (χ1) is 9.06. The van der Waals surface area contributed by atoms with Gasteiger partial charge in [0.15, 0.2) is 0 Å². The Morgan fingerprint density at radius 1 is 1.53 bits per heavy atom. The summed E-state index contributed by atoms with van der Waals surface area (Å²) in [6.45, 7) is 6.94. The summed E-state index contributed by atoms with van der Waals surface area (Å²) >= 11 is 0. The standard InChI is InChI=1S/C13H22N4O2/c1-4-11-8(2)16-17(9(11)3)7-10-5-6-12(19-10)13(18)15-14/h10,12H,4-7,14H2,1-3H3,(H,15,18). The number of rotatable bonds is 4. The summed E-state index contributed by atoms with van der Waals surface area (Å²) in [5.41, 5.74) is 5.71. The monoisotopic (exact) mass is 266 g/mol.